The molecule has 0 radical (unpaired) electrons. The first-order chi connectivity index (χ1) is 14.5. The number of aromatic amines is 1. The van der Waals surface area contributed by atoms with E-state index in [9.17, 15) is 10.1 Å². The number of hydrogen-bond acceptors (Lipinski definition) is 6. The first-order valence-electron chi connectivity index (χ1n) is 10.2. The van der Waals surface area contributed by atoms with Crippen LogP contribution < -0.4 is 4.90 Å². The Labute approximate surface area is 173 Å². The van der Waals surface area contributed by atoms with Gasteiger partial charge in [-0.05, 0) is 25.8 Å². The van der Waals surface area contributed by atoms with Gasteiger partial charge in [-0.2, -0.15) is 5.26 Å². The second-order valence-electron chi connectivity index (χ2n) is 7.88. The highest BCUT2D eigenvalue weighted by Crippen LogP contribution is 2.35. The number of piperazine rings is 1. The molecule has 0 atom stereocenters. The third-order valence-corrected chi connectivity index (χ3v) is 5.82. The highest BCUT2D eigenvalue weighted by Gasteiger charge is 2.31. The van der Waals surface area contributed by atoms with E-state index >= 15 is 0 Å². The van der Waals surface area contributed by atoms with E-state index in [0.29, 0.717) is 43.1 Å². The number of aromatic nitrogens is 4. The van der Waals surface area contributed by atoms with Crippen molar-refractivity contribution in [2.24, 2.45) is 7.05 Å². The quantitative estimate of drug-likeness (QED) is 0.718. The average Bonchev–Trinajstić information content (AvgIpc) is 3.39. The van der Waals surface area contributed by atoms with E-state index in [1.807, 2.05) is 30.8 Å². The summed E-state index contributed by atoms with van der Waals surface area (Å²) in [4.78, 5) is 28.5. The van der Waals surface area contributed by atoms with Gasteiger partial charge in [0.1, 0.15) is 29.3 Å². The third-order valence-electron chi connectivity index (χ3n) is 5.82. The van der Waals surface area contributed by atoms with Crippen molar-refractivity contribution >= 4 is 22.8 Å². The van der Waals surface area contributed by atoms with Crippen molar-refractivity contribution in [1.82, 2.24) is 24.4 Å². The van der Waals surface area contributed by atoms with Crippen molar-refractivity contribution in [2.45, 2.75) is 25.9 Å². The Bertz CT molecular complexity index is 1140. The summed E-state index contributed by atoms with van der Waals surface area (Å²) in [6.07, 6.45) is 5.50. The van der Waals surface area contributed by atoms with Gasteiger partial charge in [-0.15, -0.1) is 0 Å². The maximum absolute atomic E-state index is 12.2. The summed E-state index contributed by atoms with van der Waals surface area (Å²) in [7, 11) is 1.93. The lowest BCUT2D eigenvalue weighted by Crippen LogP contribution is -2.49. The van der Waals surface area contributed by atoms with Gasteiger partial charge in [0.15, 0.2) is 0 Å². The number of imidazole rings is 1. The molecule has 2 aliphatic rings. The van der Waals surface area contributed by atoms with E-state index in [0.717, 1.165) is 35.4 Å². The number of ether oxygens (including phenoxy) is 1. The van der Waals surface area contributed by atoms with Gasteiger partial charge in [-0.3, -0.25) is 0 Å². The van der Waals surface area contributed by atoms with Crippen LogP contribution in [0.4, 0.5) is 10.5 Å². The maximum Gasteiger partial charge on any atom is 0.410 e. The minimum atomic E-state index is -0.218. The molecule has 1 amide bonds. The Morgan fingerprint density at radius 3 is 2.70 bits per heavy atom. The molecule has 0 spiro atoms. The number of nitriles is 1. The predicted molar refractivity (Wildman–Crippen MR) is 111 cm³/mol. The Kier molecular flexibility index (Phi) is 4.35. The zero-order valence-corrected chi connectivity index (χ0v) is 17.1. The lowest BCUT2D eigenvalue weighted by Gasteiger charge is -2.35. The molecule has 1 saturated heterocycles. The number of fused-ring (bicyclic) bond motifs is 1. The van der Waals surface area contributed by atoms with E-state index in [4.69, 9.17) is 4.74 Å². The lowest BCUT2D eigenvalue weighted by molar-refractivity contribution is 0.0939. The Morgan fingerprint density at radius 1 is 1.30 bits per heavy atom. The van der Waals surface area contributed by atoms with Gasteiger partial charge in [0.25, 0.3) is 0 Å². The van der Waals surface area contributed by atoms with Gasteiger partial charge in [-0.25, -0.2) is 14.8 Å². The van der Waals surface area contributed by atoms with Crippen LogP contribution in [0, 0.1) is 18.3 Å². The number of pyridine rings is 1. The standard InChI is InChI=1S/C21H23N7O2/c1-13-24-16(12-26(13)2)19-15(11-22)18-17(5-6-23-20(18)25-19)27-7-9-28(10-8-27)21(29)30-14-3-4-14/h5-6,12,14H,3-4,7-10H2,1-2H3,(H,23,25). The van der Waals surface area contributed by atoms with Crippen molar-refractivity contribution in [3.05, 3.63) is 29.8 Å². The first kappa shape index (κ1) is 18.5. The monoisotopic (exact) mass is 405 g/mol. The molecule has 3 aromatic rings. The molecule has 4 heterocycles. The molecule has 0 bridgehead atoms. The van der Waals surface area contributed by atoms with Crippen LogP contribution in [0.1, 0.15) is 24.2 Å². The normalized spacial score (nSPS) is 16.7. The molecule has 1 aliphatic carbocycles. The number of carbonyl (C=O) groups excluding carboxylic acids is 1. The largest absolute Gasteiger partial charge is 0.446 e. The minimum absolute atomic E-state index is 0.113. The molecular weight excluding hydrogens is 382 g/mol. The summed E-state index contributed by atoms with van der Waals surface area (Å²) in [6.45, 7) is 4.46. The summed E-state index contributed by atoms with van der Waals surface area (Å²) in [5, 5.41) is 10.7. The van der Waals surface area contributed by atoms with Crippen molar-refractivity contribution in [2.75, 3.05) is 31.1 Å². The fourth-order valence-corrected chi connectivity index (χ4v) is 3.88. The van der Waals surface area contributed by atoms with Crippen molar-refractivity contribution in [3.8, 4) is 17.5 Å². The number of hydrogen-bond donors (Lipinski definition) is 1. The van der Waals surface area contributed by atoms with E-state index in [-0.39, 0.29) is 12.2 Å². The van der Waals surface area contributed by atoms with Crippen LogP contribution in [-0.2, 0) is 11.8 Å². The highest BCUT2D eigenvalue weighted by molar-refractivity contribution is 5.99. The van der Waals surface area contributed by atoms with Crippen LogP contribution in [0.15, 0.2) is 18.5 Å². The fraction of sp³-hybridized carbons (Fsp3) is 0.429. The van der Waals surface area contributed by atoms with E-state index in [1.165, 1.54) is 0 Å². The fourth-order valence-electron chi connectivity index (χ4n) is 3.88. The number of nitrogens with zero attached hydrogens (tertiary/aromatic N) is 6. The number of rotatable bonds is 3. The van der Waals surface area contributed by atoms with E-state index in [2.05, 4.69) is 25.9 Å². The van der Waals surface area contributed by atoms with Gasteiger partial charge >= 0.3 is 6.09 Å². The lowest BCUT2D eigenvalue weighted by atomic mass is 10.1. The number of carbonyl (C=O) groups is 1. The topological polar surface area (TPSA) is 103 Å². The third kappa shape index (κ3) is 3.14. The predicted octanol–water partition coefficient (Wildman–Crippen LogP) is 2.56. The molecule has 1 N–H and O–H groups in total. The second-order valence-corrected chi connectivity index (χ2v) is 7.88. The van der Waals surface area contributed by atoms with Gasteiger partial charge < -0.3 is 24.1 Å². The zero-order valence-electron chi connectivity index (χ0n) is 17.1. The number of anilines is 1. The summed E-state index contributed by atoms with van der Waals surface area (Å²) in [5.74, 6) is 0.870. The van der Waals surface area contributed by atoms with Crippen molar-refractivity contribution in [3.63, 3.8) is 0 Å². The van der Waals surface area contributed by atoms with Gasteiger partial charge in [0.05, 0.1) is 22.3 Å². The van der Waals surface area contributed by atoms with Crippen molar-refractivity contribution in [1.29, 1.82) is 5.26 Å². The molecule has 154 valence electrons. The maximum atomic E-state index is 12.2. The average molecular weight is 405 g/mol. The summed E-state index contributed by atoms with van der Waals surface area (Å²) >= 11 is 0. The molecular formula is C21H23N7O2. The van der Waals surface area contributed by atoms with Crippen LogP contribution in [-0.4, -0.2) is 62.8 Å². The Hall–Kier alpha value is -3.54. The van der Waals surface area contributed by atoms with E-state index in [1.54, 1.807) is 11.1 Å². The van der Waals surface area contributed by atoms with Crippen LogP contribution in [0.3, 0.4) is 0 Å². The number of H-pyrrole nitrogens is 1. The molecule has 9 nitrogen and oxygen atoms in total. The van der Waals surface area contributed by atoms with Crippen LogP contribution >= 0.6 is 0 Å². The molecule has 3 aromatic heterocycles. The number of aryl methyl sites for hydroxylation is 2. The number of nitrogens with one attached hydrogen (secondary N) is 1. The second kappa shape index (κ2) is 7.06. The summed E-state index contributed by atoms with van der Waals surface area (Å²) in [6, 6.07) is 4.28. The smallest absolute Gasteiger partial charge is 0.410 e. The molecule has 2 fully saturated rings. The first-order valence-corrected chi connectivity index (χ1v) is 10.2. The van der Waals surface area contributed by atoms with Crippen LogP contribution in [0.2, 0.25) is 0 Å². The Balaban J connectivity index is 1.45. The van der Waals surface area contributed by atoms with Crippen LogP contribution in [0.5, 0.6) is 0 Å². The SMILES string of the molecule is Cc1nc(-c2[nH]c3nccc(N4CCN(C(=O)OC5CC5)CC4)c3c2C#N)cn1C. The molecule has 30 heavy (non-hydrogen) atoms. The molecule has 0 aromatic carbocycles. The van der Waals surface area contributed by atoms with E-state index < -0.39 is 0 Å². The molecule has 9 heteroatoms. The van der Waals surface area contributed by atoms with Crippen LogP contribution in [0.25, 0.3) is 22.4 Å². The Morgan fingerprint density at radius 2 is 2.07 bits per heavy atom. The highest BCUT2D eigenvalue weighted by atomic mass is 16.6. The van der Waals surface area contributed by atoms with Gasteiger partial charge in [0, 0.05) is 45.6 Å². The molecule has 5 rings (SSSR count). The summed E-state index contributed by atoms with van der Waals surface area (Å²) < 4.78 is 7.34. The molecule has 1 saturated carbocycles. The molecule has 1 aliphatic heterocycles. The minimum Gasteiger partial charge on any atom is -0.446 e. The van der Waals surface area contributed by atoms with Crippen molar-refractivity contribution < 1.29 is 9.53 Å². The zero-order chi connectivity index (χ0) is 20.8. The molecule has 0 unspecified atom stereocenters. The van der Waals surface area contributed by atoms with Gasteiger partial charge in [0.2, 0.25) is 0 Å². The number of amides is 1. The summed E-state index contributed by atoms with van der Waals surface area (Å²) in [5.41, 5.74) is 3.56. The van der Waals surface area contributed by atoms with Gasteiger partial charge in [-0.1, -0.05) is 0 Å².